The van der Waals surface area contributed by atoms with Gasteiger partial charge in [0.15, 0.2) is 5.82 Å². The van der Waals surface area contributed by atoms with Crippen LogP contribution in [-0.4, -0.2) is 71.1 Å². The number of sulfonamides is 1. The first kappa shape index (κ1) is 57.8. The molecule has 0 atom stereocenters. The minimum absolute atomic E-state index is 0.0239. The number of hydrogen-bond donors (Lipinski definition) is 4. The van der Waals surface area contributed by atoms with Gasteiger partial charge in [-0.1, -0.05) is 72.8 Å². The molecule has 20 heteroatoms. The molecule has 1 fully saturated rings. The molecule has 4 amide bonds. The van der Waals surface area contributed by atoms with Crippen LogP contribution in [0.15, 0.2) is 164 Å². The Kier molecular flexibility index (Phi) is 15.2. The summed E-state index contributed by atoms with van der Waals surface area (Å²) in [7, 11) is -2.64. The average molecular weight is 1180 g/mol. The molecule has 6 aromatic carbocycles. The van der Waals surface area contributed by atoms with Crippen LogP contribution in [0.5, 0.6) is 0 Å². The maximum Gasteiger partial charge on any atom is 0.256 e. The van der Waals surface area contributed by atoms with Crippen LogP contribution in [0.4, 0.5) is 23.2 Å². The zero-order valence-corrected chi connectivity index (χ0v) is 48.3. The molecule has 436 valence electrons. The Labute approximate surface area is 492 Å². The fourth-order valence-corrected chi connectivity index (χ4v) is 12.0. The largest absolute Gasteiger partial charge is 0.355 e. The fraction of sp³-hybridized carbons (Fsp3) is 0.182. The molecule has 4 N–H and O–H groups in total. The number of nitrogens with zero attached hydrogens (tertiary/aromatic N) is 5. The van der Waals surface area contributed by atoms with E-state index in [1.165, 1.54) is 73.3 Å². The van der Waals surface area contributed by atoms with Crippen LogP contribution >= 0.6 is 0 Å². The van der Waals surface area contributed by atoms with E-state index in [1.807, 2.05) is 74.5 Å². The average Bonchev–Trinajstić information content (AvgIpc) is 1.62. The van der Waals surface area contributed by atoms with Crippen molar-refractivity contribution in [3.8, 4) is 44.8 Å². The molecule has 0 unspecified atom stereocenters. The van der Waals surface area contributed by atoms with Gasteiger partial charge in [0.1, 0.15) is 34.4 Å². The van der Waals surface area contributed by atoms with E-state index in [0.29, 0.717) is 29.5 Å². The van der Waals surface area contributed by atoms with Gasteiger partial charge < -0.3 is 21.3 Å². The molecule has 0 radical (unpaired) electrons. The van der Waals surface area contributed by atoms with Crippen LogP contribution in [0.2, 0.25) is 0 Å². The van der Waals surface area contributed by atoms with Gasteiger partial charge in [-0.25, -0.2) is 35.0 Å². The standard InChI is InChI=1S/C66H57F4N9O6S/c1-7-79(86(6,84)85)54-37-78-53(35-51(54)40-15-14-16-41(31-40)61(80)73-65(3,4)44-17-10-8-11-18-44)55(58(75-78)39-21-23-46(67)24-22-39)64(83)72-36-43-32-47(68)25-26-48(43)59-56(63(82)71-5)60-57(70)49(27-30-77(60)76-59)50-33-42(34-52(69)38(50)2)62(81)74-66(28-29-66)45-19-12-9-13-20-45/h8-27,30-35,37H,7,28-29,36H2,1-6H3,(H,71,82)(H,72,83)(H,73,80)(H,74,81). The van der Waals surface area contributed by atoms with Gasteiger partial charge in [0.25, 0.3) is 23.6 Å². The highest BCUT2D eigenvalue weighted by molar-refractivity contribution is 7.92. The zero-order valence-electron chi connectivity index (χ0n) is 47.5. The maximum atomic E-state index is 17.5. The van der Waals surface area contributed by atoms with Crippen LogP contribution in [0, 0.1) is 30.2 Å². The number of aromatic nitrogens is 4. The molecule has 10 aromatic rings. The molecule has 4 heterocycles. The van der Waals surface area contributed by atoms with Crippen LogP contribution < -0.4 is 25.6 Å². The van der Waals surface area contributed by atoms with E-state index in [9.17, 15) is 27.2 Å². The molecule has 86 heavy (non-hydrogen) atoms. The number of pyridine rings is 2. The highest BCUT2D eigenvalue weighted by atomic mass is 32.2. The van der Waals surface area contributed by atoms with Crippen LogP contribution in [0.25, 0.3) is 55.8 Å². The summed E-state index contributed by atoms with van der Waals surface area (Å²) in [6.07, 6.45) is 5.23. The first-order valence-corrected chi connectivity index (χ1v) is 29.4. The number of benzene rings is 6. The lowest BCUT2D eigenvalue weighted by Crippen LogP contribution is -2.40. The number of hydrogen-bond acceptors (Lipinski definition) is 8. The lowest BCUT2D eigenvalue weighted by molar-refractivity contribution is 0.0907. The molecule has 0 aliphatic heterocycles. The van der Waals surface area contributed by atoms with Crippen LogP contribution in [-0.2, 0) is 27.6 Å². The third-order valence-corrected chi connectivity index (χ3v) is 16.9. The van der Waals surface area contributed by atoms with Crippen LogP contribution in [0.3, 0.4) is 0 Å². The Morgan fingerprint density at radius 3 is 2.02 bits per heavy atom. The number of carbonyl (C=O) groups is 4. The van der Waals surface area contributed by atoms with Crippen molar-refractivity contribution in [3.63, 3.8) is 0 Å². The van der Waals surface area contributed by atoms with Crippen LogP contribution in [0.1, 0.15) is 97.3 Å². The van der Waals surface area contributed by atoms with E-state index in [4.69, 9.17) is 5.10 Å². The van der Waals surface area contributed by atoms with Crippen molar-refractivity contribution in [2.75, 3.05) is 24.2 Å². The summed E-state index contributed by atoms with van der Waals surface area (Å²) in [6.45, 7) is 6.38. The summed E-state index contributed by atoms with van der Waals surface area (Å²) in [5.41, 5.74) is 1.27. The number of halogens is 4. The van der Waals surface area contributed by atoms with Crippen molar-refractivity contribution >= 4 is 50.4 Å². The number of carbonyl (C=O) groups excluding carboxylic acids is 4. The van der Waals surface area contributed by atoms with E-state index in [-0.39, 0.29) is 84.7 Å². The third kappa shape index (κ3) is 10.9. The molecule has 0 bridgehead atoms. The number of amides is 4. The molecule has 11 rings (SSSR count). The summed E-state index contributed by atoms with van der Waals surface area (Å²) in [5.74, 6) is -5.59. The summed E-state index contributed by atoms with van der Waals surface area (Å²) in [4.78, 5) is 57.0. The summed E-state index contributed by atoms with van der Waals surface area (Å²) < 4.78 is 94.2. The molecule has 0 spiro atoms. The molecule has 15 nitrogen and oxygen atoms in total. The topological polar surface area (TPSA) is 188 Å². The normalized spacial score (nSPS) is 12.9. The van der Waals surface area contributed by atoms with Gasteiger partial charge >= 0.3 is 0 Å². The number of rotatable bonds is 17. The maximum absolute atomic E-state index is 17.5. The number of nitrogens with one attached hydrogen (secondary N) is 4. The first-order chi connectivity index (χ1) is 41.1. The second-order valence-electron chi connectivity index (χ2n) is 21.7. The molecule has 1 saturated carbocycles. The van der Waals surface area contributed by atoms with E-state index in [2.05, 4.69) is 26.4 Å². The van der Waals surface area contributed by atoms with E-state index < -0.39 is 74.5 Å². The van der Waals surface area contributed by atoms with Crippen molar-refractivity contribution in [2.45, 2.75) is 58.2 Å². The fourth-order valence-electron chi connectivity index (χ4n) is 11.0. The van der Waals surface area contributed by atoms with Gasteiger partial charge in [0.2, 0.25) is 10.0 Å². The number of fused-ring (bicyclic) bond motifs is 2. The molecular formula is C66H57F4N9O6S. The Hall–Kier alpha value is -9.95. The quantitative estimate of drug-likeness (QED) is 0.0648. The van der Waals surface area contributed by atoms with Crippen molar-refractivity contribution in [3.05, 3.63) is 232 Å². The van der Waals surface area contributed by atoms with Crippen molar-refractivity contribution < 1.29 is 45.2 Å². The zero-order chi connectivity index (χ0) is 61.0. The van der Waals surface area contributed by atoms with Gasteiger partial charge in [0, 0.05) is 59.7 Å². The third-order valence-electron chi connectivity index (χ3n) is 15.7. The first-order valence-electron chi connectivity index (χ1n) is 27.6. The highest BCUT2D eigenvalue weighted by Crippen LogP contribution is 2.46. The Morgan fingerprint density at radius 1 is 0.663 bits per heavy atom. The Morgan fingerprint density at radius 2 is 1.35 bits per heavy atom. The summed E-state index contributed by atoms with van der Waals surface area (Å²) >= 11 is 0. The second-order valence-corrected chi connectivity index (χ2v) is 23.6. The van der Waals surface area contributed by atoms with E-state index in [0.717, 1.165) is 44.4 Å². The van der Waals surface area contributed by atoms with Gasteiger partial charge in [-0.15, -0.1) is 0 Å². The monoisotopic (exact) mass is 1180 g/mol. The lowest BCUT2D eigenvalue weighted by atomic mass is 9.93. The molecule has 1 aliphatic carbocycles. The SMILES string of the molecule is CCN(c1cn2nc(-c3ccc(F)cc3)c(C(=O)NCc3cc(F)ccc3-c3nn4ccc(-c5cc(C(=O)NC6(c7ccccc7)CC6)cc(F)c5C)c(F)c4c3C(=O)NC)c2cc1-c1cccc(C(=O)NC(C)(C)c2ccccc2)c1)S(C)(=O)=O. The smallest absolute Gasteiger partial charge is 0.256 e. The highest BCUT2D eigenvalue weighted by Gasteiger charge is 2.46. The minimum atomic E-state index is -3.97. The van der Waals surface area contributed by atoms with Gasteiger partial charge in [-0.3, -0.25) is 23.5 Å². The molecule has 1 aliphatic rings. The van der Waals surface area contributed by atoms with E-state index in [1.54, 1.807) is 37.3 Å². The van der Waals surface area contributed by atoms with Crippen molar-refractivity contribution in [2.24, 2.45) is 0 Å². The van der Waals surface area contributed by atoms with Crippen molar-refractivity contribution in [1.82, 2.24) is 40.5 Å². The molecular weight excluding hydrogens is 1120 g/mol. The Balaban J connectivity index is 0.981. The predicted octanol–water partition coefficient (Wildman–Crippen LogP) is 11.7. The lowest BCUT2D eigenvalue weighted by Gasteiger charge is -2.27. The van der Waals surface area contributed by atoms with E-state index >= 15 is 18.0 Å². The van der Waals surface area contributed by atoms with Gasteiger partial charge in [-0.05, 0) is 153 Å². The predicted molar refractivity (Wildman–Crippen MR) is 321 cm³/mol. The minimum Gasteiger partial charge on any atom is -0.355 e. The summed E-state index contributed by atoms with van der Waals surface area (Å²) in [6, 6.07) is 39.6. The Bertz CT molecular complexity index is 4490. The second kappa shape index (κ2) is 22.6. The number of anilines is 1. The summed E-state index contributed by atoms with van der Waals surface area (Å²) in [5, 5.41) is 21.0. The van der Waals surface area contributed by atoms with Gasteiger partial charge in [0.05, 0.1) is 45.9 Å². The molecule has 4 aromatic heterocycles. The van der Waals surface area contributed by atoms with Gasteiger partial charge in [-0.2, -0.15) is 10.2 Å². The van der Waals surface area contributed by atoms with Crippen molar-refractivity contribution in [1.29, 1.82) is 0 Å². The molecule has 0 saturated heterocycles.